The zero-order valence-corrected chi connectivity index (χ0v) is 14.3. The molecule has 6 heteroatoms. The first-order chi connectivity index (χ1) is 11.1. The monoisotopic (exact) mass is 330 g/mol. The summed E-state index contributed by atoms with van der Waals surface area (Å²) in [6.45, 7) is 4.22. The van der Waals surface area contributed by atoms with Gasteiger partial charge >= 0.3 is 0 Å². The van der Waals surface area contributed by atoms with Crippen LogP contribution in [0.4, 0.5) is 5.69 Å². The van der Waals surface area contributed by atoms with Gasteiger partial charge in [0.25, 0.3) is 0 Å². The van der Waals surface area contributed by atoms with Crippen molar-refractivity contribution < 1.29 is 5.11 Å². The van der Waals surface area contributed by atoms with Crippen LogP contribution < -0.4 is 5.32 Å². The minimum Gasteiger partial charge on any atom is -0.493 e. The van der Waals surface area contributed by atoms with Crippen molar-refractivity contribution in [2.75, 3.05) is 0 Å². The summed E-state index contributed by atoms with van der Waals surface area (Å²) in [5.41, 5.74) is 2.36. The number of para-hydroxylation sites is 1. The molecule has 1 aliphatic rings. The molecule has 1 fully saturated rings. The van der Waals surface area contributed by atoms with E-state index in [1.54, 1.807) is 0 Å². The second-order valence-corrected chi connectivity index (χ2v) is 6.72. The van der Waals surface area contributed by atoms with E-state index in [2.05, 4.69) is 27.5 Å². The number of azo groups is 1. The lowest BCUT2D eigenvalue weighted by molar-refractivity contribution is 0.309. The van der Waals surface area contributed by atoms with Gasteiger partial charge < -0.3 is 15.4 Å². The van der Waals surface area contributed by atoms with E-state index in [0.717, 1.165) is 22.9 Å². The maximum atomic E-state index is 10.1. The number of aromatic amines is 1. The largest absolute Gasteiger partial charge is 0.493 e. The molecular formula is C17H22N4OS. The van der Waals surface area contributed by atoms with Gasteiger partial charge in [-0.15, -0.1) is 10.2 Å². The molecule has 5 nitrogen and oxygen atoms in total. The number of hydrogen-bond donors (Lipinski definition) is 3. The maximum absolute atomic E-state index is 10.1. The molecule has 0 saturated heterocycles. The zero-order valence-electron chi connectivity index (χ0n) is 13.5. The quantitative estimate of drug-likeness (QED) is 0.551. The van der Waals surface area contributed by atoms with Crippen molar-refractivity contribution in [1.82, 2.24) is 10.3 Å². The fourth-order valence-corrected chi connectivity index (χ4v) is 3.44. The Balaban J connectivity index is 1.76. The number of fused-ring (bicyclic) bond motifs is 1. The first-order valence-corrected chi connectivity index (χ1v) is 8.49. The number of nitrogens with zero attached hydrogens (tertiary/aromatic N) is 2. The second-order valence-electron chi connectivity index (χ2n) is 6.34. The van der Waals surface area contributed by atoms with Crippen molar-refractivity contribution in [3.05, 3.63) is 23.8 Å². The number of H-pyrrole nitrogens is 1. The van der Waals surface area contributed by atoms with Crippen LogP contribution >= 0.6 is 12.2 Å². The summed E-state index contributed by atoms with van der Waals surface area (Å²) in [5.74, 6) is 0.618. The summed E-state index contributed by atoms with van der Waals surface area (Å²) < 4.78 is 0. The molecule has 23 heavy (non-hydrogen) atoms. The van der Waals surface area contributed by atoms with E-state index in [-0.39, 0.29) is 5.88 Å². The van der Waals surface area contributed by atoms with Gasteiger partial charge in [-0.25, -0.2) is 0 Å². The van der Waals surface area contributed by atoms with Gasteiger partial charge in [0.05, 0.1) is 5.52 Å². The molecule has 1 saturated carbocycles. The first-order valence-electron chi connectivity index (χ1n) is 8.08. The van der Waals surface area contributed by atoms with Crippen LogP contribution in [-0.4, -0.2) is 21.2 Å². The lowest BCUT2D eigenvalue weighted by Gasteiger charge is -2.29. The number of rotatable bonds is 2. The summed E-state index contributed by atoms with van der Waals surface area (Å²) in [4.78, 5) is 2.95. The lowest BCUT2D eigenvalue weighted by Crippen LogP contribution is -2.39. The van der Waals surface area contributed by atoms with Gasteiger partial charge in [0.1, 0.15) is 0 Å². The Kier molecular flexibility index (Phi) is 4.61. The van der Waals surface area contributed by atoms with Crippen molar-refractivity contribution in [2.45, 2.75) is 45.6 Å². The molecule has 0 radical (unpaired) electrons. The normalized spacial score (nSPS) is 21.8. The van der Waals surface area contributed by atoms with Crippen LogP contribution in [-0.2, 0) is 0 Å². The summed E-state index contributed by atoms with van der Waals surface area (Å²) >= 11 is 5.29. The van der Waals surface area contributed by atoms with Gasteiger partial charge in [0.15, 0.2) is 5.69 Å². The van der Waals surface area contributed by atoms with Crippen molar-refractivity contribution in [3.8, 4) is 5.88 Å². The van der Waals surface area contributed by atoms with Crippen LogP contribution in [0.3, 0.4) is 0 Å². The van der Waals surface area contributed by atoms with Crippen LogP contribution in [0, 0.1) is 12.8 Å². The van der Waals surface area contributed by atoms with Crippen LogP contribution in [0.15, 0.2) is 28.4 Å². The molecule has 0 unspecified atom stereocenters. The van der Waals surface area contributed by atoms with Crippen LogP contribution in [0.25, 0.3) is 10.9 Å². The molecule has 3 rings (SSSR count). The van der Waals surface area contributed by atoms with Crippen LogP contribution in [0.5, 0.6) is 5.88 Å². The Morgan fingerprint density at radius 1 is 1.35 bits per heavy atom. The maximum Gasteiger partial charge on any atom is 0.218 e. The Labute approximate surface area is 141 Å². The third-order valence-electron chi connectivity index (χ3n) is 4.66. The number of hydrogen-bond acceptors (Lipinski definition) is 3. The average Bonchev–Trinajstić information content (AvgIpc) is 2.85. The van der Waals surface area contributed by atoms with E-state index >= 15 is 0 Å². The molecule has 1 aromatic heterocycles. The minimum atomic E-state index is 0.0203. The molecule has 0 bridgehead atoms. The Bertz CT molecular complexity index is 752. The van der Waals surface area contributed by atoms with E-state index in [1.807, 2.05) is 25.1 Å². The highest BCUT2D eigenvalue weighted by atomic mass is 32.1. The SMILES string of the molecule is Cc1cccc2c(N=NC(=S)N[C@@H]3CCCC[C@@H]3C)c(O)[nH]c12. The number of thiocarbonyl (C=S) groups is 1. The predicted octanol–water partition coefficient (Wildman–Crippen LogP) is 4.72. The Hall–Kier alpha value is -1.95. The van der Waals surface area contributed by atoms with Gasteiger partial charge in [-0.1, -0.05) is 38.0 Å². The highest BCUT2D eigenvalue weighted by Gasteiger charge is 2.21. The number of aromatic hydroxyl groups is 1. The van der Waals surface area contributed by atoms with E-state index in [9.17, 15) is 5.11 Å². The molecule has 122 valence electrons. The summed E-state index contributed by atoms with van der Waals surface area (Å²) in [5, 5.41) is 22.8. The molecule has 0 spiro atoms. The summed E-state index contributed by atoms with van der Waals surface area (Å²) in [6.07, 6.45) is 4.86. The topological polar surface area (TPSA) is 72.8 Å². The van der Waals surface area contributed by atoms with Crippen molar-refractivity contribution in [2.24, 2.45) is 16.1 Å². The lowest BCUT2D eigenvalue weighted by atomic mass is 9.86. The number of benzene rings is 1. The minimum absolute atomic E-state index is 0.0203. The van der Waals surface area contributed by atoms with E-state index < -0.39 is 0 Å². The molecule has 3 N–H and O–H groups in total. The van der Waals surface area contributed by atoms with Crippen LogP contribution in [0.2, 0.25) is 0 Å². The van der Waals surface area contributed by atoms with E-state index in [1.165, 1.54) is 19.3 Å². The van der Waals surface area contributed by atoms with Crippen molar-refractivity contribution >= 4 is 33.9 Å². The summed E-state index contributed by atoms with van der Waals surface area (Å²) in [7, 11) is 0. The third kappa shape index (κ3) is 3.37. The number of aryl methyl sites for hydroxylation is 1. The standard InChI is InChI=1S/C17H22N4OS/c1-10-6-3-4-9-13(10)18-17(23)21-20-15-12-8-5-7-11(2)14(12)19-16(15)22/h5,7-8,10,13,19,22H,3-4,6,9H2,1-2H3,(H,18,23)/t10-,13+/m0/s1. The molecule has 1 heterocycles. The molecule has 0 amide bonds. The fraction of sp³-hybridized carbons (Fsp3) is 0.471. The van der Waals surface area contributed by atoms with Gasteiger partial charge in [0, 0.05) is 11.4 Å². The van der Waals surface area contributed by atoms with Gasteiger partial charge in [-0.3, -0.25) is 0 Å². The molecule has 1 aliphatic carbocycles. The van der Waals surface area contributed by atoms with E-state index in [0.29, 0.717) is 22.8 Å². The van der Waals surface area contributed by atoms with Gasteiger partial charge in [-0.05, 0) is 43.5 Å². The first kappa shape index (κ1) is 15.9. The molecule has 2 aromatic rings. The second kappa shape index (κ2) is 6.66. The third-order valence-corrected chi connectivity index (χ3v) is 4.86. The van der Waals surface area contributed by atoms with Crippen molar-refractivity contribution in [1.29, 1.82) is 0 Å². The van der Waals surface area contributed by atoms with Crippen molar-refractivity contribution in [3.63, 3.8) is 0 Å². The number of nitrogens with one attached hydrogen (secondary N) is 2. The average molecular weight is 330 g/mol. The Morgan fingerprint density at radius 3 is 2.91 bits per heavy atom. The smallest absolute Gasteiger partial charge is 0.218 e. The van der Waals surface area contributed by atoms with Gasteiger partial charge in [0.2, 0.25) is 11.0 Å². The highest BCUT2D eigenvalue weighted by molar-refractivity contribution is 7.80. The van der Waals surface area contributed by atoms with E-state index in [4.69, 9.17) is 12.2 Å². The molecule has 2 atom stereocenters. The highest BCUT2D eigenvalue weighted by Crippen LogP contribution is 2.36. The van der Waals surface area contributed by atoms with Crippen LogP contribution in [0.1, 0.15) is 38.2 Å². The fourth-order valence-electron chi connectivity index (χ4n) is 3.25. The predicted molar refractivity (Wildman–Crippen MR) is 96.4 cm³/mol. The zero-order chi connectivity index (χ0) is 16.4. The summed E-state index contributed by atoms with van der Waals surface area (Å²) in [6, 6.07) is 6.20. The molecule has 0 aliphatic heterocycles. The number of aromatic nitrogens is 1. The Morgan fingerprint density at radius 2 is 2.13 bits per heavy atom. The van der Waals surface area contributed by atoms with Gasteiger partial charge in [-0.2, -0.15) is 0 Å². The molecular weight excluding hydrogens is 308 g/mol. The molecule has 1 aromatic carbocycles.